The molecule has 0 atom stereocenters. The summed E-state index contributed by atoms with van der Waals surface area (Å²) in [4.78, 5) is 16.7. The Morgan fingerprint density at radius 2 is 1.88 bits per heavy atom. The standard InChI is InChI=1S/C20H29N5O/c1-16-13-19(24(3)22-16)21-20(26)15-23(2)14-17-7-9-18(10-8-17)25-11-5-4-6-12-25/h7-10,13H,4-6,11-12,14-15H2,1-3H3,(H,21,26). The van der Waals surface area contributed by atoms with Gasteiger partial charge in [0.05, 0.1) is 12.2 Å². The summed E-state index contributed by atoms with van der Waals surface area (Å²) in [5.41, 5.74) is 3.42. The van der Waals surface area contributed by atoms with Gasteiger partial charge in [-0.1, -0.05) is 12.1 Å². The van der Waals surface area contributed by atoms with Gasteiger partial charge in [-0.15, -0.1) is 0 Å². The highest BCUT2D eigenvalue weighted by atomic mass is 16.2. The van der Waals surface area contributed by atoms with Gasteiger partial charge in [-0.25, -0.2) is 0 Å². The van der Waals surface area contributed by atoms with Crippen molar-refractivity contribution in [1.82, 2.24) is 14.7 Å². The zero-order chi connectivity index (χ0) is 18.5. The van der Waals surface area contributed by atoms with E-state index in [9.17, 15) is 4.79 Å². The fraction of sp³-hybridized carbons (Fsp3) is 0.500. The third kappa shape index (κ3) is 4.85. The first-order chi connectivity index (χ1) is 12.5. The molecular weight excluding hydrogens is 326 g/mol. The first-order valence-corrected chi connectivity index (χ1v) is 9.34. The molecule has 0 unspecified atom stereocenters. The highest BCUT2D eigenvalue weighted by Gasteiger charge is 2.12. The van der Waals surface area contributed by atoms with Gasteiger partial charge < -0.3 is 10.2 Å². The quantitative estimate of drug-likeness (QED) is 0.866. The molecule has 0 radical (unpaired) electrons. The lowest BCUT2D eigenvalue weighted by Crippen LogP contribution is -2.30. The van der Waals surface area contributed by atoms with E-state index in [0.29, 0.717) is 6.54 Å². The van der Waals surface area contributed by atoms with E-state index >= 15 is 0 Å². The van der Waals surface area contributed by atoms with Crippen LogP contribution in [-0.4, -0.2) is 47.3 Å². The van der Waals surface area contributed by atoms with Crippen molar-refractivity contribution in [2.75, 3.05) is 36.9 Å². The summed E-state index contributed by atoms with van der Waals surface area (Å²) >= 11 is 0. The van der Waals surface area contributed by atoms with Crippen LogP contribution in [0.3, 0.4) is 0 Å². The number of benzene rings is 1. The van der Waals surface area contributed by atoms with E-state index in [1.54, 1.807) is 4.68 Å². The lowest BCUT2D eigenvalue weighted by atomic mass is 10.1. The van der Waals surface area contributed by atoms with Gasteiger partial charge in [0.25, 0.3) is 0 Å². The van der Waals surface area contributed by atoms with Crippen molar-refractivity contribution in [3.63, 3.8) is 0 Å². The van der Waals surface area contributed by atoms with Crippen LogP contribution in [0.4, 0.5) is 11.5 Å². The molecule has 1 fully saturated rings. The van der Waals surface area contributed by atoms with E-state index in [1.807, 2.05) is 32.0 Å². The van der Waals surface area contributed by atoms with Gasteiger partial charge in [-0.3, -0.25) is 14.4 Å². The third-order valence-corrected chi connectivity index (χ3v) is 4.79. The van der Waals surface area contributed by atoms with Crippen molar-refractivity contribution in [2.24, 2.45) is 7.05 Å². The molecule has 2 heterocycles. The molecule has 6 heteroatoms. The van der Waals surface area contributed by atoms with Crippen LogP contribution in [0.2, 0.25) is 0 Å². The summed E-state index contributed by atoms with van der Waals surface area (Å²) in [6.07, 6.45) is 3.92. The zero-order valence-corrected chi connectivity index (χ0v) is 16.0. The maximum atomic E-state index is 12.2. The fourth-order valence-electron chi connectivity index (χ4n) is 3.49. The van der Waals surface area contributed by atoms with Crippen LogP contribution < -0.4 is 10.2 Å². The molecule has 1 N–H and O–H groups in total. The molecular formula is C20H29N5O. The molecule has 0 aliphatic carbocycles. The van der Waals surface area contributed by atoms with Gasteiger partial charge in [0, 0.05) is 38.4 Å². The predicted octanol–water partition coefficient (Wildman–Crippen LogP) is 2.79. The number of hydrogen-bond acceptors (Lipinski definition) is 4. The normalized spacial score (nSPS) is 14.7. The van der Waals surface area contributed by atoms with E-state index < -0.39 is 0 Å². The van der Waals surface area contributed by atoms with Crippen LogP contribution in [0.5, 0.6) is 0 Å². The minimum atomic E-state index is -0.0274. The van der Waals surface area contributed by atoms with Crippen molar-refractivity contribution in [3.8, 4) is 0 Å². The number of carbonyl (C=O) groups excluding carboxylic acids is 1. The summed E-state index contributed by atoms with van der Waals surface area (Å²) in [5.74, 6) is 0.701. The maximum absolute atomic E-state index is 12.2. The SMILES string of the molecule is Cc1cc(NC(=O)CN(C)Cc2ccc(N3CCCCC3)cc2)n(C)n1. The molecule has 1 aromatic heterocycles. The number of nitrogens with one attached hydrogen (secondary N) is 1. The lowest BCUT2D eigenvalue weighted by molar-refractivity contribution is -0.117. The number of carbonyl (C=O) groups is 1. The molecule has 3 rings (SSSR count). The Morgan fingerprint density at radius 1 is 1.19 bits per heavy atom. The van der Waals surface area contributed by atoms with Crippen molar-refractivity contribution in [1.29, 1.82) is 0 Å². The Balaban J connectivity index is 1.50. The molecule has 0 saturated carbocycles. The van der Waals surface area contributed by atoms with Crippen LogP contribution in [0, 0.1) is 6.92 Å². The van der Waals surface area contributed by atoms with Crippen molar-refractivity contribution in [3.05, 3.63) is 41.6 Å². The number of aryl methyl sites for hydroxylation is 2. The second kappa shape index (κ2) is 8.36. The molecule has 2 aromatic rings. The second-order valence-corrected chi connectivity index (χ2v) is 7.23. The lowest BCUT2D eigenvalue weighted by Gasteiger charge is -2.29. The first-order valence-electron chi connectivity index (χ1n) is 9.34. The summed E-state index contributed by atoms with van der Waals surface area (Å²) in [6, 6.07) is 10.6. The third-order valence-electron chi connectivity index (χ3n) is 4.79. The van der Waals surface area contributed by atoms with Gasteiger partial charge in [0.2, 0.25) is 5.91 Å². The van der Waals surface area contributed by atoms with Crippen molar-refractivity contribution < 1.29 is 4.79 Å². The van der Waals surface area contributed by atoms with Crippen molar-refractivity contribution in [2.45, 2.75) is 32.7 Å². The number of piperidine rings is 1. The average Bonchev–Trinajstić information content (AvgIpc) is 2.93. The fourth-order valence-corrected chi connectivity index (χ4v) is 3.49. The molecule has 1 aliphatic rings. The van der Waals surface area contributed by atoms with Crippen LogP contribution in [0.15, 0.2) is 30.3 Å². The summed E-state index contributed by atoms with van der Waals surface area (Å²) < 4.78 is 1.69. The van der Waals surface area contributed by atoms with E-state index in [-0.39, 0.29) is 5.91 Å². The zero-order valence-electron chi connectivity index (χ0n) is 16.0. The molecule has 0 spiro atoms. The van der Waals surface area contributed by atoms with E-state index in [0.717, 1.165) is 31.1 Å². The molecule has 1 saturated heterocycles. The Morgan fingerprint density at radius 3 is 2.50 bits per heavy atom. The molecule has 1 aliphatic heterocycles. The van der Waals surface area contributed by atoms with Crippen LogP contribution in [-0.2, 0) is 18.4 Å². The summed E-state index contributed by atoms with van der Waals surface area (Å²) in [5, 5.41) is 7.16. The van der Waals surface area contributed by atoms with Crippen LogP contribution in [0.1, 0.15) is 30.5 Å². The van der Waals surface area contributed by atoms with Gasteiger partial charge in [0.15, 0.2) is 0 Å². The van der Waals surface area contributed by atoms with Gasteiger partial charge >= 0.3 is 0 Å². The van der Waals surface area contributed by atoms with E-state index in [4.69, 9.17) is 0 Å². The molecule has 1 aromatic carbocycles. The topological polar surface area (TPSA) is 53.4 Å². The number of rotatable bonds is 6. The summed E-state index contributed by atoms with van der Waals surface area (Å²) in [7, 11) is 3.79. The number of hydrogen-bond donors (Lipinski definition) is 1. The monoisotopic (exact) mass is 355 g/mol. The van der Waals surface area contributed by atoms with Gasteiger partial charge in [0.1, 0.15) is 5.82 Å². The highest BCUT2D eigenvalue weighted by Crippen LogP contribution is 2.20. The highest BCUT2D eigenvalue weighted by molar-refractivity contribution is 5.91. The molecule has 26 heavy (non-hydrogen) atoms. The molecule has 140 valence electrons. The largest absolute Gasteiger partial charge is 0.372 e. The van der Waals surface area contributed by atoms with Crippen LogP contribution >= 0.6 is 0 Å². The van der Waals surface area contributed by atoms with Gasteiger partial charge in [-0.05, 0) is 50.9 Å². The number of likely N-dealkylation sites (N-methyl/N-ethyl adjacent to an activating group) is 1. The maximum Gasteiger partial charge on any atom is 0.239 e. The minimum Gasteiger partial charge on any atom is -0.372 e. The Labute approximate surface area is 155 Å². The molecule has 6 nitrogen and oxygen atoms in total. The van der Waals surface area contributed by atoms with Crippen LogP contribution in [0.25, 0.3) is 0 Å². The Hall–Kier alpha value is -2.34. The number of amides is 1. The predicted molar refractivity (Wildman–Crippen MR) is 105 cm³/mol. The van der Waals surface area contributed by atoms with E-state index in [1.165, 1.54) is 30.5 Å². The number of nitrogens with zero attached hydrogens (tertiary/aromatic N) is 4. The average molecular weight is 355 g/mol. The Kier molecular flexibility index (Phi) is 5.93. The first kappa shape index (κ1) is 18.5. The summed E-state index contributed by atoms with van der Waals surface area (Å²) in [6.45, 7) is 5.32. The Bertz CT molecular complexity index is 731. The smallest absolute Gasteiger partial charge is 0.239 e. The van der Waals surface area contributed by atoms with Gasteiger partial charge in [-0.2, -0.15) is 5.10 Å². The second-order valence-electron chi connectivity index (χ2n) is 7.23. The molecule has 1 amide bonds. The number of anilines is 2. The molecule has 0 bridgehead atoms. The minimum absolute atomic E-state index is 0.0274. The van der Waals surface area contributed by atoms with Crippen molar-refractivity contribution >= 4 is 17.4 Å². The number of aromatic nitrogens is 2. The van der Waals surface area contributed by atoms with E-state index in [2.05, 4.69) is 39.6 Å².